The molecule has 18 heavy (non-hydrogen) atoms. The lowest BCUT2D eigenvalue weighted by atomic mass is 10.2. The molecule has 1 fully saturated rings. The molecule has 100 valence electrons. The predicted octanol–water partition coefficient (Wildman–Crippen LogP) is 2.80. The number of rotatable bonds is 1. The van der Waals surface area contributed by atoms with Crippen molar-refractivity contribution in [3.63, 3.8) is 0 Å². The topological polar surface area (TPSA) is 32.3 Å². The monoisotopic (exact) mass is 400 g/mol. The molecular formula is C12H15Cl2IN2O. The Hall–Kier alpha value is -0.0400. The lowest BCUT2D eigenvalue weighted by Crippen LogP contribution is -2.34. The van der Waals surface area contributed by atoms with Crippen LogP contribution in [0.15, 0.2) is 18.2 Å². The average Bonchev–Trinajstić information content (AvgIpc) is 2.56. The minimum absolute atomic E-state index is 0. The number of carbonyl (C=O) groups is 1. The van der Waals surface area contributed by atoms with E-state index in [1.165, 1.54) is 0 Å². The van der Waals surface area contributed by atoms with Crippen molar-refractivity contribution in [1.29, 1.82) is 0 Å². The maximum atomic E-state index is 12.3. The van der Waals surface area contributed by atoms with Crippen LogP contribution in [-0.2, 0) is 0 Å². The van der Waals surface area contributed by atoms with Gasteiger partial charge in [0.1, 0.15) is 0 Å². The third kappa shape index (κ3) is 3.98. The van der Waals surface area contributed by atoms with Crippen molar-refractivity contribution in [2.45, 2.75) is 6.42 Å². The van der Waals surface area contributed by atoms with Gasteiger partial charge in [-0.2, -0.15) is 0 Å². The van der Waals surface area contributed by atoms with Gasteiger partial charge in [0.15, 0.2) is 0 Å². The van der Waals surface area contributed by atoms with Crippen LogP contribution in [0.3, 0.4) is 0 Å². The van der Waals surface area contributed by atoms with Gasteiger partial charge in [-0.15, -0.1) is 12.4 Å². The summed E-state index contributed by atoms with van der Waals surface area (Å²) in [6, 6.07) is 5.55. The summed E-state index contributed by atoms with van der Waals surface area (Å²) in [5, 5.41) is 3.82. The van der Waals surface area contributed by atoms with Crippen molar-refractivity contribution in [1.82, 2.24) is 10.2 Å². The molecule has 0 aromatic heterocycles. The number of benzene rings is 1. The second-order valence-corrected chi connectivity index (χ2v) is 5.67. The molecule has 0 unspecified atom stereocenters. The van der Waals surface area contributed by atoms with E-state index in [1.807, 2.05) is 23.1 Å². The normalized spacial score (nSPS) is 15.8. The van der Waals surface area contributed by atoms with Crippen LogP contribution in [0.1, 0.15) is 16.8 Å². The summed E-state index contributed by atoms with van der Waals surface area (Å²) in [5.41, 5.74) is 0.606. The highest BCUT2D eigenvalue weighted by Crippen LogP contribution is 2.20. The van der Waals surface area contributed by atoms with E-state index in [0.717, 1.165) is 36.2 Å². The molecule has 1 aromatic carbocycles. The molecular weight excluding hydrogens is 386 g/mol. The van der Waals surface area contributed by atoms with Crippen molar-refractivity contribution in [2.24, 2.45) is 0 Å². The Kier molecular flexibility index (Phi) is 6.70. The molecule has 0 aliphatic carbocycles. The molecule has 6 heteroatoms. The maximum absolute atomic E-state index is 12.3. The Morgan fingerprint density at radius 1 is 1.33 bits per heavy atom. The fourth-order valence-corrected chi connectivity index (χ4v) is 2.82. The van der Waals surface area contributed by atoms with Gasteiger partial charge < -0.3 is 10.2 Å². The Labute approximate surface area is 132 Å². The van der Waals surface area contributed by atoms with E-state index in [2.05, 4.69) is 27.9 Å². The number of amides is 1. The van der Waals surface area contributed by atoms with Crippen molar-refractivity contribution in [3.8, 4) is 0 Å². The largest absolute Gasteiger partial charge is 0.337 e. The first kappa shape index (κ1) is 16.0. The number of nitrogens with one attached hydrogen (secondary N) is 1. The first-order chi connectivity index (χ1) is 8.18. The third-order valence-electron chi connectivity index (χ3n) is 2.79. The summed E-state index contributed by atoms with van der Waals surface area (Å²) in [7, 11) is 0. The van der Waals surface area contributed by atoms with Gasteiger partial charge in [0.2, 0.25) is 0 Å². The summed E-state index contributed by atoms with van der Waals surface area (Å²) in [6.07, 6.45) is 0.994. The average molecular weight is 401 g/mol. The molecule has 1 aromatic rings. The Morgan fingerprint density at radius 3 is 2.83 bits per heavy atom. The van der Waals surface area contributed by atoms with Gasteiger partial charge in [0, 0.05) is 23.2 Å². The summed E-state index contributed by atoms with van der Waals surface area (Å²) in [4.78, 5) is 14.2. The molecule has 1 aliphatic heterocycles. The first-order valence-corrected chi connectivity index (χ1v) is 7.09. The van der Waals surface area contributed by atoms with E-state index in [0.29, 0.717) is 10.6 Å². The van der Waals surface area contributed by atoms with Crippen molar-refractivity contribution in [3.05, 3.63) is 32.4 Å². The highest BCUT2D eigenvalue weighted by Gasteiger charge is 2.19. The van der Waals surface area contributed by atoms with E-state index in [4.69, 9.17) is 11.6 Å². The Morgan fingerprint density at radius 2 is 2.11 bits per heavy atom. The Bertz CT molecular complexity index is 421. The van der Waals surface area contributed by atoms with E-state index in [1.54, 1.807) is 0 Å². The van der Waals surface area contributed by atoms with Gasteiger partial charge in [-0.05, 0) is 53.8 Å². The smallest absolute Gasteiger partial charge is 0.255 e. The lowest BCUT2D eigenvalue weighted by Gasteiger charge is -2.20. The van der Waals surface area contributed by atoms with Gasteiger partial charge in [0.25, 0.3) is 5.91 Å². The van der Waals surface area contributed by atoms with Gasteiger partial charge in [-0.1, -0.05) is 11.6 Å². The van der Waals surface area contributed by atoms with Gasteiger partial charge in [-0.3, -0.25) is 4.79 Å². The van der Waals surface area contributed by atoms with E-state index >= 15 is 0 Å². The quantitative estimate of drug-likeness (QED) is 0.735. The van der Waals surface area contributed by atoms with Crippen LogP contribution in [0.5, 0.6) is 0 Å². The number of carbonyl (C=O) groups excluding carboxylic acids is 1. The summed E-state index contributed by atoms with van der Waals surface area (Å²) in [5.74, 6) is 0.0371. The summed E-state index contributed by atoms with van der Waals surface area (Å²) < 4.78 is 1.04. The van der Waals surface area contributed by atoms with Gasteiger partial charge in [-0.25, -0.2) is 0 Å². The Balaban J connectivity index is 0.00000162. The summed E-state index contributed by atoms with van der Waals surface area (Å²) in [6.45, 7) is 3.38. The minimum atomic E-state index is 0. The highest BCUT2D eigenvalue weighted by atomic mass is 127. The van der Waals surface area contributed by atoms with Crippen molar-refractivity contribution >= 4 is 52.5 Å². The van der Waals surface area contributed by atoms with Crippen LogP contribution >= 0.6 is 46.6 Å². The van der Waals surface area contributed by atoms with Gasteiger partial charge >= 0.3 is 0 Å². The molecule has 0 radical (unpaired) electrons. The highest BCUT2D eigenvalue weighted by molar-refractivity contribution is 14.1. The third-order valence-corrected chi connectivity index (χ3v) is 3.77. The lowest BCUT2D eigenvalue weighted by molar-refractivity contribution is 0.0766. The second kappa shape index (κ2) is 7.53. The fourth-order valence-electron chi connectivity index (χ4n) is 1.88. The number of halogens is 3. The van der Waals surface area contributed by atoms with E-state index in [-0.39, 0.29) is 18.3 Å². The zero-order valence-corrected chi connectivity index (χ0v) is 13.5. The van der Waals surface area contributed by atoms with E-state index < -0.39 is 0 Å². The summed E-state index contributed by atoms with van der Waals surface area (Å²) >= 11 is 8.30. The van der Waals surface area contributed by atoms with Gasteiger partial charge in [0.05, 0.1) is 10.6 Å². The molecule has 1 amide bonds. The molecule has 1 heterocycles. The van der Waals surface area contributed by atoms with Crippen LogP contribution in [0, 0.1) is 3.57 Å². The SMILES string of the molecule is Cl.O=C(c1ccc(I)cc1Cl)N1CCCNCC1. The number of nitrogens with zero attached hydrogens (tertiary/aromatic N) is 1. The molecule has 0 spiro atoms. The van der Waals surface area contributed by atoms with Crippen LogP contribution in [0.25, 0.3) is 0 Å². The van der Waals surface area contributed by atoms with E-state index in [9.17, 15) is 4.79 Å². The molecule has 0 bridgehead atoms. The molecule has 1 saturated heterocycles. The number of hydrogen-bond donors (Lipinski definition) is 1. The molecule has 1 N–H and O–H groups in total. The van der Waals surface area contributed by atoms with Crippen LogP contribution in [0.2, 0.25) is 5.02 Å². The minimum Gasteiger partial charge on any atom is -0.337 e. The molecule has 1 aliphatic rings. The number of hydrogen-bond acceptors (Lipinski definition) is 2. The first-order valence-electron chi connectivity index (χ1n) is 5.63. The molecule has 2 rings (SSSR count). The van der Waals surface area contributed by atoms with Crippen LogP contribution < -0.4 is 5.32 Å². The zero-order valence-electron chi connectivity index (χ0n) is 9.79. The maximum Gasteiger partial charge on any atom is 0.255 e. The van der Waals surface area contributed by atoms with Crippen LogP contribution in [-0.4, -0.2) is 37.0 Å². The standard InChI is InChI=1S/C12H14ClIN2O.ClH/c13-11-8-9(14)2-3-10(11)12(17)16-6-1-4-15-5-7-16;/h2-3,8,15H,1,4-7H2;1H. The molecule has 3 nitrogen and oxygen atoms in total. The van der Waals surface area contributed by atoms with Crippen molar-refractivity contribution < 1.29 is 4.79 Å². The molecule has 0 atom stereocenters. The molecule has 0 saturated carbocycles. The van der Waals surface area contributed by atoms with Crippen molar-refractivity contribution in [2.75, 3.05) is 26.2 Å². The second-order valence-electron chi connectivity index (χ2n) is 4.02. The predicted molar refractivity (Wildman–Crippen MR) is 84.8 cm³/mol. The zero-order chi connectivity index (χ0) is 12.3. The van der Waals surface area contributed by atoms with Crippen LogP contribution in [0.4, 0.5) is 0 Å². The fraction of sp³-hybridized carbons (Fsp3) is 0.417.